The van der Waals surface area contributed by atoms with Crippen LogP contribution in [0.25, 0.3) is 0 Å². The average molecular weight is 523 g/mol. The lowest BCUT2D eigenvalue weighted by molar-refractivity contribution is -0.189. The number of carbonyl (C=O) groups excluding carboxylic acids is 2. The number of imide groups is 1. The van der Waals surface area contributed by atoms with Gasteiger partial charge in [-0.25, -0.2) is 9.69 Å². The largest absolute Gasteiger partial charge is 0.469 e. The third kappa shape index (κ3) is 4.00. The fourth-order valence-electron chi connectivity index (χ4n) is 5.71. The zero-order chi connectivity index (χ0) is 27.9. The number of ether oxygens (including phenoxy) is 1. The summed E-state index contributed by atoms with van der Waals surface area (Å²) in [5, 5.41) is 32.5. The second-order valence-electron chi connectivity index (χ2n) is 10.5. The minimum absolute atomic E-state index is 0.237. The SMILES string of the molecule is CC(C)(C)OC(=O)N1C(=O)[C@@]2(c3ccccc31)[C@H](C=C(C#N)C#N)[C@@H](c1ccco1)[C@H](c1ccccc1)N2O. The van der Waals surface area contributed by atoms with Crippen molar-refractivity contribution in [1.29, 1.82) is 10.5 Å². The number of fused-ring (bicyclic) bond motifs is 2. The first-order valence-electron chi connectivity index (χ1n) is 12.4. The molecule has 3 heterocycles. The second kappa shape index (κ2) is 9.55. The number of anilines is 1. The lowest BCUT2D eigenvalue weighted by atomic mass is 9.73. The number of hydrogen-bond acceptors (Lipinski definition) is 8. The molecule has 2 aromatic carbocycles. The van der Waals surface area contributed by atoms with Gasteiger partial charge in [-0.1, -0.05) is 48.5 Å². The number of allylic oxidation sites excluding steroid dienone is 1. The number of amides is 2. The predicted octanol–water partition coefficient (Wildman–Crippen LogP) is 5.58. The smallest absolute Gasteiger partial charge is 0.421 e. The zero-order valence-electron chi connectivity index (χ0n) is 21.6. The van der Waals surface area contributed by atoms with Crippen LogP contribution in [0.3, 0.4) is 0 Å². The van der Waals surface area contributed by atoms with E-state index in [-0.39, 0.29) is 11.3 Å². The Labute approximate surface area is 225 Å². The summed E-state index contributed by atoms with van der Waals surface area (Å²) in [6, 6.07) is 22.1. The van der Waals surface area contributed by atoms with Crippen molar-refractivity contribution in [2.75, 3.05) is 4.90 Å². The standard InChI is InChI=1S/C30H26N4O5/c1-29(2,3)39-28(36)33-23-13-8-7-12-21(23)30(27(33)35)22(16-19(17-31)18-32)25(24-14-9-15-38-24)26(34(30)37)20-10-5-4-6-11-20/h4-16,22,25-26,37H,1-3H3/t22-,25+,26+,30-/m1/s1. The number of carbonyl (C=O) groups is 2. The van der Waals surface area contributed by atoms with Gasteiger partial charge >= 0.3 is 6.09 Å². The molecule has 0 unspecified atom stereocenters. The van der Waals surface area contributed by atoms with Gasteiger partial charge in [-0.2, -0.15) is 15.6 Å². The maximum atomic E-state index is 14.6. The van der Waals surface area contributed by atoms with Crippen molar-refractivity contribution >= 4 is 17.7 Å². The van der Waals surface area contributed by atoms with Gasteiger partial charge in [0.05, 0.1) is 18.0 Å². The van der Waals surface area contributed by atoms with E-state index in [9.17, 15) is 25.3 Å². The molecule has 5 rings (SSSR count). The molecular formula is C30H26N4O5. The molecule has 1 fully saturated rings. The summed E-state index contributed by atoms with van der Waals surface area (Å²) in [5.41, 5.74) is -1.75. The highest BCUT2D eigenvalue weighted by molar-refractivity contribution is 6.21. The minimum atomic E-state index is -1.88. The van der Waals surface area contributed by atoms with Gasteiger partial charge in [0.1, 0.15) is 29.1 Å². The maximum Gasteiger partial charge on any atom is 0.421 e. The summed E-state index contributed by atoms with van der Waals surface area (Å²) in [4.78, 5) is 28.9. The fraction of sp³-hybridized carbons (Fsp3) is 0.267. The van der Waals surface area contributed by atoms with Crippen LogP contribution in [0.2, 0.25) is 0 Å². The Hall–Kier alpha value is -4.70. The van der Waals surface area contributed by atoms with Crippen molar-refractivity contribution in [1.82, 2.24) is 5.06 Å². The highest BCUT2D eigenvalue weighted by Gasteiger charge is 2.70. The maximum absolute atomic E-state index is 14.6. The number of nitrogens with zero attached hydrogens (tertiary/aromatic N) is 4. The number of hydroxylamine groups is 2. The van der Waals surface area contributed by atoms with Crippen LogP contribution in [0.1, 0.15) is 49.6 Å². The monoisotopic (exact) mass is 522 g/mol. The molecule has 4 atom stereocenters. The van der Waals surface area contributed by atoms with Gasteiger partial charge in [0, 0.05) is 17.4 Å². The van der Waals surface area contributed by atoms with Gasteiger partial charge < -0.3 is 14.4 Å². The van der Waals surface area contributed by atoms with E-state index in [2.05, 4.69) is 0 Å². The molecule has 2 amide bonds. The molecule has 1 aromatic heterocycles. The number of furan rings is 1. The van der Waals surface area contributed by atoms with E-state index in [0.29, 0.717) is 16.9 Å². The predicted molar refractivity (Wildman–Crippen MR) is 139 cm³/mol. The van der Waals surface area contributed by atoms with E-state index >= 15 is 0 Å². The third-order valence-corrected chi connectivity index (χ3v) is 7.10. The van der Waals surface area contributed by atoms with Crippen LogP contribution >= 0.6 is 0 Å². The van der Waals surface area contributed by atoms with Crippen LogP contribution in [-0.2, 0) is 15.1 Å². The Balaban J connectivity index is 1.82. The number of para-hydroxylation sites is 1. The van der Waals surface area contributed by atoms with Crippen molar-refractivity contribution in [3.63, 3.8) is 0 Å². The molecule has 1 N–H and O–H groups in total. The molecular weight excluding hydrogens is 496 g/mol. The molecule has 0 saturated carbocycles. The topological polar surface area (TPSA) is 131 Å². The molecule has 0 aliphatic carbocycles. The van der Waals surface area contributed by atoms with Gasteiger partial charge in [0.15, 0.2) is 5.54 Å². The number of rotatable bonds is 3. The molecule has 2 aliphatic rings. The highest BCUT2D eigenvalue weighted by Crippen LogP contribution is 2.63. The van der Waals surface area contributed by atoms with Crippen LogP contribution in [0, 0.1) is 28.6 Å². The fourth-order valence-corrected chi connectivity index (χ4v) is 5.71. The van der Waals surface area contributed by atoms with Crippen molar-refractivity contribution < 1.29 is 24.0 Å². The van der Waals surface area contributed by atoms with Gasteiger partial charge in [-0.05, 0) is 50.6 Å². The van der Waals surface area contributed by atoms with Crippen LogP contribution < -0.4 is 4.90 Å². The van der Waals surface area contributed by atoms with E-state index in [1.807, 2.05) is 42.5 Å². The van der Waals surface area contributed by atoms with Crippen LogP contribution in [-0.4, -0.2) is 27.9 Å². The molecule has 2 aliphatic heterocycles. The van der Waals surface area contributed by atoms with Crippen molar-refractivity contribution in [2.24, 2.45) is 5.92 Å². The Morgan fingerprint density at radius 3 is 2.33 bits per heavy atom. The molecule has 39 heavy (non-hydrogen) atoms. The first kappa shape index (κ1) is 25.9. The van der Waals surface area contributed by atoms with Gasteiger partial charge in [0.2, 0.25) is 0 Å². The summed E-state index contributed by atoms with van der Waals surface area (Å²) >= 11 is 0. The first-order chi connectivity index (χ1) is 18.6. The molecule has 3 aromatic rings. The quantitative estimate of drug-likeness (QED) is 0.441. The Kier molecular flexibility index (Phi) is 6.35. The molecule has 0 radical (unpaired) electrons. The Morgan fingerprint density at radius 1 is 1.05 bits per heavy atom. The molecule has 9 heteroatoms. The lowest BCUT2D eigenvalue weighted by Crippen LogP contribution is -2.53. The van der Waals surface area contributed by atoms with Crippen molar-refractivity contribution in [3.05, 3.63) is 102 Å². The molecule has 1 saturated heterocycles. The van der Waals surface area contributed by atoms with E-state index in [1.165, 1.54) is 12.3 Å². The Bertz CT molecular complexity index is 1510. The highest BCUT2D eigenvalue weighted by atomic mass is 16.6. The summed E-state index contributed by atoms with van der Waals surface area (Å²) in [7, 11) is 0. The van der Waals surface area contributed by atoms with Gasteiger partial charge in [-0.3, -0.25) is 4.79 Å². The van der Waals surface area contributed by atoms with Crippen molar-refractivity contribution in [2.45, 2.75) is 43.9 Å². The second-order valence-corrected chi connectivity index (χ2v) is 10.5. The molecule has 9 nitrogen and oxygen atoms in total. The van der Waals surface area contributed by atoms with Crippen LogP contribution in [0.15, 0.2) is 89.1 Å². The van der Waals surface area contributed by atoms with E-state index in [4.69, 9.17) is 9.15 Å². The summed E-state index contributed by atoms with van der Waals surface area (Å²) in [6.07, 6.45) is 1.98. The summed E-state index contributed by atoms with van der Waals surface area (Å²) < 4.78 is 11.4. The van der Waals surface area contributed by atoms with E-state index in [0.717, 1.165) is 9.96 Å². The van der Waals surface area contributed by atoms with Crippen molar-refractivity contribution in [3.8, 4) is 12.1 Å². The number of nitriles is 2. The molecule has 1 spiro atoms. The van der Waals surface area contributed by atoms with Crippen LogP contribution in [0.4, 0.5) is 10.5 Å². The van der Waals surface area contributed by atoms with E-state index < -0.39 is 41.0 Å². The Morgan fingerprint density at radius 2 is 1.72 bits per heavy atom. The average Bonchev–Trinajstić information content (AvgIpc) is 3.58. The number of benzene rings is 2. The third-order valence-electron chi connectivity index (χ3n) is 7.10. The summed E-state index contributed by atoms with van der Waals surface area (Å²) in [6.45, 7) is 5.07. The summed E-state index contributed by atoms with van der Waals surface area (Å²) in [5.74, 6) is -2.03. The minimum Gasteiger partial charge on any atom is -0.469 e. The zero-order valence-corrected chi connectivity index (χ0v) is 21.6. The van der Waals surface area contributed by atoms with Crippen LogP contribution in [0.5, 0.6) is 0 Å². The normalized spacial score (nSPS) is 24.2. The first-order valence-corrected chi connectivity index (χ1v) is 12.4. The number of hydrogen-bond donors (Lipinski definition) is 1. The molecule has 0 bridgehead atoms. The van der Waals surface area contributed by atoms with E-state index in [1.54, 1.807) is 57.2 Å². The van der Waals surface area contributed by atoms with Gasteiger partial charge in [-0.15, -0.1) is 0 Å². The lowest BCUT2D eigenvalue weighted by Gasteiger charge is -2.34. The molecule has 196 valence electrons. The van der Waals surface area contributed by atoms with Gasteiger partial charge in [0.25, 0.3) is 5.91 Å².